The standard InChI is InChI=1S/C17H20N2O5/c1-23-16(21)14-13(15(14)17(22)24-2)11(8-18)19-9-12(20)10-6-4-3-5-7-10/h3-7,11-15,19-20H,9H2,1-2H3/t11-,12+,14-,15-/m1/s1. The molecule has 2 rings (SSSR count). The van der Waals surface area contributed by atoms with Crippen molar-refractivity contribution in [2.75, 3.05) is 20.8 Å². The average Bonchev–Trinajstić information content (AvgIpc) is 3.36. The van der Waals surface area contributed by atoms with Crippen LogP contribution >= 0.6 is 0 Å². The topological polar surface area (TPSA) is 109 Å². The molecule has 128 valence electrons. The lowest BCUT2D eigenvalue weighted by Gasteiger charge is -2.16. The molecule has 1 aromatic rings. The van der Waals surface area contributed by atoms with Crippen LogP contribution in [0, 0.1) is 29.1 Å². The Hall–Kier alpha value is -2.43. The van der Waals surface area contributed by atoms with Crippen molar-refractivity contribution in [3.05, 3.63) is 35.9 Å². The van der Waals surface area contributed by atoms with Crippen LogP contribution in [0.15, 0.2) is 30.3 Å². The van der Waals surface area contributed by atoms with Crippen LogP contribution in [0.4, 0.5) is 0 Å². The smallest absolute Gasteiger partial charge is 0.309 e. The molecule has 0 aromatic heterocycles. The number of aliphatic hydroxyl groups is 1. The Morgan fingerprint density at radius 3 is 2.21 bits per heavy atom. The van der Waals surface area contributed by atoms with E-state index in [0.717, 1.165) is 0 Å². The largest absolute Gasteiger partial charge is 0.469 e. The molecule has 0 aliphatic heterocycles. The number of nitrogens with zero attached hydrogens (tertiary/aromatic N) is 1. The number of nitrogens with one attached hydrogen (secondary N) is 1. The molecule has 2 N–H and O–H groups in total. The van der Waals surface area contributed by atoms with Crippen LogP contribution in [0.2, 0.25) is 0 Å². The van der Waals surface area contributed by atoms with Crippen molar-refractivity contribution in [3.8, 4) is 6.07 Å². The van der Waals surface area contributed by atoms with Crippen molar-refractivity contribution in [2.45, 2.75) is 12.1 Å². The van der Waals surface area contributed by atoms with E-state index < -0.39 is 41.8 Å². The maximum absolute atomic E-state index is 11.8. The zero-order valence-electron chi connectivity index (χ0n) is 13.5. The fourth-order valence-electron chi connectivity index (χ4n) is 2.93. The van der Waals surface area contributed by atoms with Gasteiger partial charge in [-0.05, 0) is 5.56 Å². The van der Waals surface area contributed by atoms with Gasteiger partial charge in [0.05, 0.1) is 44.3 Å². The number of ether oxygens (including phenoxy) is 2. The second kappa shape index (κ2) is 7.90. The second-order valence-corrected chi connectivity index (χ2v) is 5.62. The quantitative estimate of drug-likeness (QED) is 0.696. The zero-order valence-corrected chi connectivity index (χ0v) is 13.5. The highest BCUT2D eigenvalue weighted by atomic mass is 16.5. The monoisotopic (exact) mass is 332 g/mol. The molecule has 1 aliphatic rings. The van der Waals surface area contributed by atoms with Crippen LogP contribution in [0.5, 0.6) is 0 Å². The number of benzene rings is 1. The van der Waals surface area contributed by atoms with Gasteiger partial charge in [-0.1, -0.05) is 30.3 Å². The summed E-state index contributed by atoms with van der Waals surface area (Å²) in [7, 11) is 2.47. The number of esters is 2. The fourth-order valence-corrected chi connectivity index (χ4v) is 2.93. The van der Waals surface area contributed by atoms with Crippen molar-refractivity contribution in [2.24, 2.45) is 17.8 Å². The maximum atomic E-state index is 11.8. The molecule has 0 radical (unpaired) electrons. The lowest BCUT2D eigenvalue weighted by molar-refractivity contribution is -0.148. The van der Waals surface area contributed by atoms with E-state index in [4.69, 9.17) is 0 Å². The minimum atomic E-state index is -0.797. The molecule has 0 spiro atoms. The molecule has 1 saturated carbocycles. The van der Waals surface area contributed by atoms with E-state index in [1.165, 1.54) is 14.2 Å². The number of hydrogen-bond acceptors (Lipinski definition) is 7. The van der Waals surface area contributed by atoms with Crippen molar-refractivity contribution >= 4 is 11.9 Å². The summed E-state index contributed by atoms with van der Waals surface area (Å²) in [4.78, 5) is 23.6. The summed E-state index contributed by atoms with van der Waals surface area (Å²) in [5, 5.41) is 22.4. The number of hydrogen-bond donors (Lipinski definition) is 2. The molecule has 0 saturated heterocycles. The first kappa shape index (κ1) is 17.9. The molecule has 24 heavy (non-hydrogen) atoms. The van der Waals surface area contributed by atoms with Gasteiger partial charge in [0.1, 0.15) is 0 Å². The Morgan fingerprint density at radius 1 is 1.21 bits per heavy atom. The summed E-state index contributed by atoms with van der Waals surface area (Å²) in [5.41, 5.74) is 0.714. The summed E-state index contributed by atoms with van der Waals surface area (Å²) in [5.74, 6) is -3.01. The number of carbonyl (C=O) groups excluding carboxylic acids is 2. The van der Waals surface area contributed by atoms with E-state index in [2.05, 4.69) is 20.9 Å². The van der Waals surface area contributed by atoms with Gasteiger partial charge >= 0.3 is 11.9 Å². The van der Waals surface area contributed by atoms with Gasteiger partial charge in [0, 0.05) is 12.5 Å². The lowest BCUT2D eigenvalue weighted by Crippen LogP contribution is -2.35. The van der Waals surface area contributed by atoms with Crippen molar-refractivity contribution in [1.29, 1.82) is 5.26 Å². The second-order valence-electron chi connectivity index (χ2n) is 5.62. The average molecular weight is 332 g/mol. The van der Waals surface area contributed by atoms with E-state index in [0.29, 0.717) is 5.56 Å². The van der Waals surface area contributed by atoms with E-state index >= 15 is 0 Å². The molecule has 0 amide bonds. The molecule has 1 aromatic carbocycles. The highest BCUT2D eigenvalue weighted by Gasteiger charge is 2.63. The van der Waals surface area contributed by atoms with Gasteiger partial charge in [0.2, 0.25) is 0 Å². The Bertz CT molecular complexity index is 606. The molecule has 1 fully saturated rings. The molecular weight excluding hydrogens is 312 g/mol. The molecule has 1 aliphatic carbocycles. The summed E-state index contributed by atoms with van der Waals surface area (Å²) in [6.07, 6.45) is -0.797. The third-order valence-electron chi connectivity index (χ3n) is 4.26. The van der Waals surface area contributed by atoms with E-state index in [1.54, 1.807) is 12.1 Å². The molecule has 7 heteroatoms. The number of rotatable bonds is 7. The van der Waals surface area contributed by atoms with Crippen LogP contribution in [0.1, 0.15) is 11.7 Å². The van der Waals surface area contributed by atoms with Gasteiger partial charge < -0.3 is 14.6 Å². The van der Waals surface area contributed by atoms with Gasteiger partial charge in [-0.3, -0.25) is 14.9 Å². The summed E-state index contributed by atoms with van der Waals surface area (Å²) in [6, 6.07) is 10.3. The maximum Gasteiger partial charge on any atom is 0.309 e. The van der Waals surface area contributed by atoms with E-state index in [9.17, 15) is 20.0 Å². The molecule has 0 heterocycles. The number of aliphatic hydroxyl groups excluding tert-OH is 1. The first-order chi connectivity index (χ1) is 11.5. The third-order valence-corrected chi connectivity index (χ3v) is 4.26. The first-order valence-corrected chi connectivity index (χ1v) is 7.56. The highest BCUT2D eigenvalue weighted by molar-refractivity contribution is 5.88. The van der Waals surface area contributed by atoms with Gasteiger partial charge in [-0.25, -0.2) is 0 Å². The van der Waals surface area contributed by atoms with Crippen LogP contribution in [0.3, 0.4) is 0 Å². The summed E-state index contributed by atoms with van der Waals surface area (Å²) < 4.78 is 9.37. The predicted octanol–water partition coefficient (Wildman–Crippen LogP) is 0.410. The van der Waals surface area contributed by atoms with E-state index in [1.807, 2.05) is 18.2 Å². The lowest BCUT2D eigenvalue weighted by atomic mass is 10.1. The Kier molecular flexibility index (Phi) is 5.90. The van der Waals surface area contributed by atoms with Crippen molar-refractivity contribution < 1.29 is 24.2 Å². The zero-order chi connectivity index (χ0) is 17.7. The van der Waals surface area contributed by atoms with Crippen molar-refractivity contribution in [1.82, 2.24) is 5.32 Å². The highest BCUT2D eigenvalue weighted by Crippen LogP contribution is 2.50. The summed E-state index contributed by atoms with van der Waals surface area (Å²) >= 11 is 0. The van der Waals surface area contributed by atoms with Gasteiger partial charge in [-0.2, -0.15) is 5.26 Å². The number of carbonyl (C=O) groups is 2. The van der Waals surface area contributed by atoms with Crippen LogP contribution < -0.4 is 5.32 Å². The van der Waals surface area contributed by atoms with Crippen molar-refractivity contribution in [3.63, 3.8) is 0 Å². The Balaban J connectivity index is 2.01. The Labute approximate surface area is 140 Å². The van der Waals surface area contributed by atoms with Crippen LogP contribution in [-0.4, -0.2) is 43.9 Å². The van der Waals surface area contributed by atoms with Gasteiger partial charge in [0.25, 0.3) is 0 Å². The summed E-state index contributed by atoms with van der Waals surface area (Å²) in [6.45, 7) is 0.126. The first-order valence-electron chi connectivity index (χ1n) is 7.56. The molecule has 0 unspecified atom stereocenters. The van der Waals surface area contributed by atoms with Gasteiger partial charge in [0.15, 0.2) is 0 Å². The van der Waals surface area contributed by atoms with Gasteiger partial charge in [-0.15, -0.1) is 0 Å². The minimum Gasteiger partial charge on any atom is -0.469 e. The Morgan fingerprint density at radius 2 is 1.75 bits per heavy atom. The van der Waals surface area contributed by atoms with E-state index in [-0.39, 0.29) is 6.54 Å². The molecule has 0 bridgehead atoms. The SMILES string of the molecule is COC(=O)[C@@H]1C([C@@H](C#N)NC[C@H](O)c2ccccc2)[C@H]1C(=O)OC. The minimum absolute atomic E-state index is 0.126. The van der Waals surface area contributed by atoms with Crippen LogP contribution in [-0.2, 0) is 19.1 Å². The normalized spacial score (nSPS) is 24.3. The fraction of sp³-hybridized carbons (Fsp3) is 0.471. The predicted molar refractivity (Wildman–Crippen MR) is 83.3 cm³/mol. The number of nitriles is 1. The molecule has 7 nitrogen and oxygen atoms in total. The number of methoxy groups -OCH3 is 2. The molecule has 4 atom stereocenters. The molecular formula is C17H20N2O5. The third kappa shape index (κ3) is 3.72. The van der Waals surface area contributed by atoms with Crippen LogP contribution in [0.25, 0.3) is 0 Å².